The van der Waals surface area contributed by atoms with Gasteiger partial charge in [0.2, 0.25) is 0 Å². The Labute approximate surface area is 226 Å². The Morgan fingerprint density at radius 2 is 1.97 bits per heavy atom. The van der Waals surface area contributed by atoms with Crippen LogP contribution in [0, 0.1) is 5.82 Å². The van der Waals surface area contributed by atoms with Gasteiger partial charge in [-0.1, -0.05) is 49.2 Å². The first-order valence-electron chi connectivity index (χ1n) is 12.3. The van der Waals surface area contributed by atoms with Crippen LogP contribution in [0.2, 0.25) is 10.0 Å². The molecule has 0 radical (unpaired) electrons. The van der Waals surface area contributed by atoms with Crippen LogP contribution in [0.4, 0.5) is 4.39 Å². The normalized spacial score (nSPS) is 23.3. The quantitative estimate of drug-likeness (QED) is 0.303. The highest BCUT2D eigenvalue weighted by molar-refractivity contribution is 7.53. The number of rotatable bonds is 6. The third kappa shape index (κ3) is 5.55. The zero-order valence-electron chi connectivity index (χ0n) is 20.5. The summed E-state index contributed by atoms with van der Waals surface area (Å²) in [5, 5.41) is 11.2. The first-order chi connectivity index (χ1) is 17.6. The molecular weight excluding hydrogens is 537 g/mol. The molecule has 3 aromatic carbocycles. The van der Waals surface area contributed by atoms with Gasteiger partial charge in [0.1, 0.15) is 17.3 Å². The molecule has 5 rings (SSSR count). The fourth-order valence-corrected chi connectivity index (χ4v) is 7.20. The molecule has 0 aromatic heterocycles. The van der Waals surface area contributed by atoms with Crippen molar-refractivity contribution in [2.45, 2.75) is 51.0 Å². The van der Waals surface area contributed by atoms with Crippen LogP contribution in [0.5, 0.6) is 11.5 Å². The maximum Gasteiger partial charge on any atom is 0.368 e. The summed E-state index contributed by atoms with van der Waals surface area (Å²) in [6.07, 6.45) is 1.28. The van der Waals surface area contributed by atoms with E-state index in [0.717, 1.165) is 16.7 Å². The van der Waals surface area contributed by atoms with Crippen molar-refractivity contribution in [3.8, 4) is 11.5 Å². The summed E-state index contributed by atoms with van der Waals surface area (Å²) in [6.45, 7) is 4.19. The Morgan fingerprint density at radius 1 is 1.16 bits per heavy atom. The molecule has 1 fully saturated rings. The number of fused-ring (bicyclic) bond motifs is 1. The highest BCUT2D eigenvalue weighted by atomic mass is 35.5. The minimum atomic E-state index is -3.52. The molecule has 0 amide bonds. The molecule has 2 aliphatic rings. The minimum absolute atomic E-state index is 0.0380. The summed E-state index contributed by atoms with van der Waals surface area (Å²) in [7, 11) is -3.52. The van der Waals surface area contributed by atoms with Gasteiger partial charge in [0, 0.05) is 28.5 Å². The fourth-order valence-electron chi connectivity index (χ4n) is 5.14. The van der Waals surface area contributed by atoms with Gasteiger partial charge in [0.05, 0.1) is 12.7 Å². The van der Waals surface area contributed by atoms with Crippen molar-refractivity contribution in [2.24, 2.45) is 0 Å². The van der Waals surface area contributed by atoms with E-state index in [1.165, 1.54) is 6.07 Å². The number of aryl methyl sites for hydroxylation is 1. The van der Waals surface area contributed by atoms with E-state index in [-0.39, 0.29) is 30.5 Å². The number of aromatic hydroxyl groups is 1. The van der Waals surface area contributed by atoms with Crippen molar-refractivity contribution in [2.75, 3.05) is 13.0 Å². The van der Waals surface area contributed by atoms with E-state index in [9.17, 15) is 14.1 Å². The standard InChI is InChI=1S/C28H28Cl2FO5P/c1-16(2)22-13-23(25(31)14-26(22)32)21-7-6-18-11-20(12-24(30)28(18)21)34-15-37(33)35-9-8-27(36-37)17-4-3-5-19(29)10-17/h3-5,10-14,16,21,27,32H,6-9,15H2,1-2H3/t21-,27+,37-/m1/s1. The second-order valence-electron chi connectivity index (χ2n) is 9.81. The molecule has 196 valence electrons. The first kappa shape index (κ1) is 26.5. The molecule has 0 spiro atoms. The molecule has 3 atom stereocenters. The Kier molecular flexibility index (Phi) is 7.59. The molecule has 1 heterocycles. The van der Waals surface area contributed by atoms with E-state index in [0.29, 0.717) is 46.2 Å². The van der Waals surface area contributed by atoms with E-state index in [2.05, 4.69) is 0 Å². The molecule has 9 heteroatoms. The van der Waals surface area contributed by atoms with Crippen LogP contribution in [0.1, 0.15) is 72.4 Å². The van der Waals surface area contributed by atoms with Crippen LogP contribution in [0.3, 0.4) is 0 Å². The lowest BCUT2D eigenvalue weighted by Crippen LogP contribution is -2.17. The molecule has 0 bridgehead atoms. The van der Waals surface area contributed by atoms with E-state index in [1.807, 2.05) is 32.0 Å². The third-order valence-electron chi connectivity index (χ3n) is 6.95. The lowest BCUT2D eigenvalue weighted by molar-refractivity contribution is 0.0725. The van der Waals surface area contributed by atoms with Gasteiger partial charge in [0.25, 0.3) is 0 Å². The monoisotopic (exact) mass is 564 g/mol. The van der Waals surface area contributed by atoms with Gasteiger partial charge in [-0.15, -0.1) is 0 Å². The van der Waals surface area contributed by atoms with Gasteiger partial charge in [-0.25, -0.2) is 4.39 Å². The number of phenols is 1. The summed E-state index contributed by atoms with van der Waals surface area (Å²) >= 11 is 12.8. The number of ether oxygens (including phenoxy) is 1. The van der Waals surface area contributed by atoms with E-state index >= 15 is 0 Å². The molecule has 3 aromatic rings. The molecule has 0 unspecified atom stereocenters. The van der Waals surface area contributed by atoms with Gasteiger partial charge in [-0.05, 0) is 76.9 Å². The van der Waals surface area contributed by atoms with Crippen molar-refractivity contribution in [3.05, 3.63) is 92.2 Å². The van der Waals surface area contributed by atoms with Crippen LogP contribution in [0.25, 0.3) is 0 Å². The molecular formula is C28H28Cl2FO5P. The van der Waals surface area contributed by atoms with E-state index < -0.39 is 19.5 Å². The van der Waals surface area contributed by atoms with Gasteiger partial charge in [-0.2, -0.15) is 0 Å². The summed E-state index contributed by atoms with van der Waals surface area (Å²) in [5.41, 5.74) is 3.87. The summed E-state index contributed by atoms with van der Waals surface area (Å²) < 4.78 is 45.4. The van der Waals surface area contributed by atoms with Crippen LogP contribution >= 0.6 is 30.8 Å². The van der Waals surface area contributed by atoms with Gasteiger partial charge < -0.3 is 14.4 Å². The van der Waals surface area contributed by atoms with Crippen LogP contribution in [-0.4, -0.2) is 18.1 Å². The molecule has 5 nitrogen and oxygen atoms in total. The van der Waals surface area contributed by atoms with Crippen molar-refractivity contribution in [1.29, 1.82) is 0 Å². The maximum absolute atomic E-state index is 14.9. The molecule has 1 saturated heterocycles. The molecule has 37 heavy (non-hydrogen) atoms. The number of phenolic OH excluding ortho intramolecular Hbond substituents is 1. The van der Waals surface area contributed by atoms with Crippen molar-refractivity contribution < 1.29 is 27.8 Å². The third-order valence-corrected chi connectivity index (χ3v) is 9.09. The molecule has 1 aliphatic carbocycles. The summed E-state index contributed by atoms with van der Waals surface area (Å²) in [6, 6.07) is 13.7. The lowest BCUT2D eigenvalue weighted by atomic mass is 9.89. The topological polar surface area (TPSA) is 65.0 Å². The number of hydrogen-bond acceptors (Lipinski definition) is 5. The Hall–Kier alpha value is -2.08. The van der Waals surface area contributed by atoms with Crippen molar-refractivity contribution >= 4 is 30.8 Å². The number of hydrogen-bond donors (Lipinski definition) is 1. The predicted octanol–water partition coefficient (Wildman–Crippen LogP) is 8.75. The average Bonchev–Trinajstić information content (AvgIpc) is 3.27. The smallest absolute Gasteiger partial charge is 0.368 e. The Morgan fingerprint density at radius 3 is 2.73 bits per heavy atom. The van der Waals surface area contributed by atoms with Crippen LogP contribution in [-0.2, 0) is 20.0 Å². The molecule has 1 N–H and O–H groups in total. The zero-order chi connectivity index (χ0) is 26.3. The maximum atomic E-state index is 14.9. The number of halogens is 3. The van der Waals surface area contributed by atoms with E-state index in [1.54, 1.807) is 24.3 Å². The van der Waals surface area contributed by atoms with Crippen molar-refractivity contribution in [1.82, 2.24) is 0 Å². The van der Waals surface area contributed by atoms with Crippen LogP contribution in [0.15, 0.2) is 48.5 Å². The fraction of sp³-hybridized carbons (Fsp3) is 0.357. The van der Waals surface area contributed by atoms with E-state index in [4.69, 9.17) is 37.0 Å². The Balaban J connectivity index is 1.34. The minimum Gasteiger partial charge on any atom is -0.508 e. The number of benzene rings is 3. The highest BCUT2D eigenvalue weighted by Gasteiger charge is 2.36. The predicted molar refractivity (Wildman–Crippen MR) is 143 cm³/mol. The largest absolute Gasteiger partial charge is 0.508 e. The second kappa shape index (κ2) is 10.6. The second-order valence-corrected chi connectivity index (χ2v) is 12.6. The zero-order valence-corrected chi connectivity index (χ0v) is 23.0. The highest BCUT2D eigenvalue weighted by Crippen LogP contribution is 2.56. The van der Waals surface area contributed by atoms with Gasteiger partial charge >= 0.3 is 7.60 Å². The lowest BCUT2D eigenvalue weighted by Gasteiger charge is -2.30. The SMILES string of the molecule is CC(C)c1cc([C@H]2CCc3cc(OC[P@@]4(=O)OCC[C@@H](c5cccc(Cl)c5)O4)cc(Cl)c32)c(F)cc1O. The molecule has 0 saturated carbocycles. The Bertz CT molecular complexity index is 1380. The first-order valence-corrected chi connectivity index (χ1v) is 14.8. The van der Waals surface area contributed by atoms with Gasteiger partial charge in [-0.3, -0.25) is 9.09 Å². The van der Waals surface area contributed by atoms with Gasteiger partial charge in [0.15, 0.2) is 6.35 Å². The molecule has 1 aliphatic heterocycles. The van der Waals surface area contributed by atoms with Crippen LogP contribution < -0.4 is 4.74 Å². The van der Waals surface area contributed by atoms with Crippen molar-refractivity contribution in [3.63, 3.8) is 0 Å². The summed E-state index contributed by atoms with van der Waals surface area (Å²) in [4.78, 5) is 0. The average molecular weight is 565 g/mol. The summed E-state index contributed by atoms with van der Waals surface area (Å²) in [5.74, 6) is -0.210.